The lowest BCUT2D eigenvalue weighted by Crippen LogP contribution is -2.39. The molecule has 2 nitrogen and oxygen atoms in total. The predicted molar refractivity (Wildman–Crippen MR) is 70.0 cm³/mol. The van der Waals surface area contributed by atoms with E-state index in [2.05, 4.69) is 5.32 Å². The molecule has 0 aromatic heterocycles. The first-order valence-corrected chi connectivity index (χ1v) is 7.63. The van der Waals surface area contributed by atoms with E-state index in [1.807, 2.05) is 7.11 Å². The fraction of sp³-hybridized carbons (Fsp3) is 1.00. The average molecular weight is 237 g/mol. The van der Waals surface area contributed by atoms with Crippen LogP contribution in [-0.2, 0) is 4.74 Å². The Bertz CT molecular complexity index is 235. The van der Waals surface area contributed by atoms with Crippen LogP contribution in [-0.4, -0.2) is 25.8 Å². The summed E-state index contributed by atoms with van der Waals surface area (Å²) in [6, 6.07) is 0.730. The molecular weight excluding hydrogens is 210 g/mol. The molecule has 17 heavy (non-hydrogen) atoms. The van der Waals surface area contributed by atoms with Gasteiger partial charge in [0.15, 0.2) is 0 Å². The third-order valence-corrected chi connectivity index (χ3v) is 5.06. The topological polar surface area (TPSA) is 21.3 Å². The number of hydrogen-bond donors (Lipinski definition) is 1. The Balaban J connectivity index is 1.42. The van der Waals surface area contributed by atoms with Gasteiger partial charge in [0.2, 0.25) is 0 Å². The van der Waals surface area contributed by atoms with Crippen LogP contribution in [0.2, 0.25) is 0 Å². The van der Waals surface area contributed by atoms with E-state index in [9.17, 15) is 0 Å². The van der Waals surface area contributed by atoms with Crippen LogP contribution >= 0.6 is 0 Å². The monoisotopic (exact) mass is 237 g/mol. The zero-order chi connectivity index (χ0) is 11.7. The van der Waals surface area contributed by atoms with Gasteiger partial charge in [-0.2, -0.15) is 0 Å². The minimum Gasteiger partial charge on any atom is -0.381 e. The summed E-state index contributed by atoms with van der Waals surface area (Å²) in [7, 11) is 1.87. The summed E-state index contributed by atoms with van der Waals surface area (Å²) in [5.74, 6) is 3.17. The molecule has 98 valence electrons. The van der Waals surface area contributed by atoms with Gasteiger partial charge in [-0.15, -0.1) is 0 Å². The minimum absolute atomic E-state index is 0.515. The van der Waals surface area contributed by atoms with Gasteiger partial charge in [0.25, 0.3) is 0 Å². The lowest BCUT2D eigenvalue weighted by molar-refractivity contribution is 0.0578. The van der Waals surface area contributed by atoms with E-state index >= 15 is 0 Å². The van der Waals surface area contributed by atoms with Crippen molar-refractivity contribution in [3.05, 3.63) is 0 Å². The summed E-state index contributed by atoms with van der Waals surface area (Å²) >= 11 is 0. The summed E-state index contributed by atoms with van der Waals surface area (Å²) in [4.78, 5) is 0. The highest BCUT2D eigenvalue weighted by Crippen LogP contribution is 2.48. The van der Waals surface area contributed by atoms with Crippen molar-refractivity contribution in [3.8, 4) is 0 Å². The van der Waals surface area contributed by atoms with Gasteiger partial charge >= 0.3 is 0 Å². The van der Waals surface area contributed by atoms with E-state index in [0.717, 1.165) is 23.8 Å². The highest BCUT2D eigenvalue weighted by atomic mass is 16.5. The van der Waals surface area contributed by atoms with Crippen LogP contribution in [0.3, 0.4) is 0 Å². The molecule has 3 fully saturated rings. The van der Waals surface area contributed by atoms with Crippen molar-refractivity contribution in [2.24, 2.45) is 17.8 Å². The van der Waals surface area contributed by atoms with Crippen molar-refractivity contribution < 1.29 is 4.74 Å². The first kappa shape index (κ1) is 12.0. The van der Waals surface area contributed by atoms with Crippen LogP contribution in [0, 0.1) is 17.8 Å². The van der Waals surface area contributed by atoms with Gasteiger partial charge in [0.1, 0.15) is 0 Å². The summed E-state index contributed by atoms with van der Waals surface area (Å²) in [6.07, 6.45) is 11.8. The standard InChI is InChI=1S/C15H27NO/c1-17-14-4-2-3-13(9-14)16-10-15(11-5-6-11)12-7-8-12/h11-16H,2-10H2,1H3. The molecule has 0 bridgehead atoms. The number of ether oxygens (including phenoxy) is 1. The molecule has 3 rings (SSSR count). The lowest BCUT2D eigenvalue weighted by Gasteiger charge is -2.30. The van der Waals surface area contributed by atoms with Crippen molar-refractivity contribution in [2.75, 3.05) is 13.7 Å². The normalized spacial score (nSPS) is 34.2. The summed E-state index contributed by atoms with van der Waals surface area (Å²) < 4.78 is 5.51. The second kappa shape index (κ2) is 5.27. The van der Waals surface area contributed by atoms with Gasteiger partial charge in [-0.1, -0.05) is 0 Å². The number of rotatable bonds is 6. The molecular formula is C15H27NO. The maximum absolute atomic E-state index is 5.51. The molecule has 2 unspecified atom stereocenters. The molecule has 1 N–H and O–H groups in total. The van der Waals surface area contributed by atoms with Crippen LogP contribution < -0.4 is 5.32 Å². The number of hydrogen-bond acceptors (Lipinski definition) is 2. The number of methoxy groups -OCH3 is 1. The first-order valence-electron chi connectivity index (χ1n) is 7.63. The van der Waals surface area contributed by atoms with E-state index in [4.69, 9.17) is 4.74 Å². The van der Waals surface area contributed by atoms with Gasteiger partial charge in [0, 0.05) is 13.2 Å². The maximum atomic E-state index is 5.51. The van der Waals surface area contributed by atoms with Gasteiger partial charge in [-0.05, 0) is 75.7 Å². The molecule has 2 atom stereocenters. The lowest BCUT2D eigenvalue weighted by atomic mass is 9.91. The highest BCUT2D eigenvalue weighted by molar-refractivity contribution is 4.93. The van der Waals surface area contributed by atoms with Crippen molar-refractivity contribution >= 4 is 0 Å². The zero-order valence-corrected chi connectivity index (χ0v) is 11.2. The van der Waals surface area contributed by atoms with E-state index < -0.39 is 0 Å². The van der Waals surface area contributed by atoms with Crippen molar-refractivity contribution in [2.45, 2.75) is 63.5 Å². The Morgan fingerprint density at radius 2 is 1.76 bits per heavy atom. The van der Waals surface area contributed by atoms with Gasteiger partial charge in [-0.25, -0.2) is 0 Å². The van der Waals surface area contributed by atoms with Crippen molar-refractivity contribution in [1.29, 1.82) is 0 Å². The third kappa shape index (κ3) is 3.23. The van der Waals surface area contributed by atoms with Gasteiger partial charge in [0.05, 0.1) is 6.10 Å². The summed E-state index contributed by atoms with van der Waals surface area (Å²) in [5, 5.41) is 3.85. The molecule has 3 aliphatic carbocycles. The molecule has 0 heterocycles. The van der Waals surface area contributed by atoms with E-state index in [1.54, 1.807) is 0 Å². The molecule has 0 aliphatic heterocycles. The predicted octanol–water partition coefficient (Wildman–Crippen LogP) is 2.97. The smallest absolute Gasteiger partial charge is 0.0586 e. The van der Waals surface area contributed by atoms with E-state index in [1.165, 1.54) is 57.9 Å². The number of nitrogens with one attached hydrogen (secondary N) is 1. The minimum atomic E-state index is 0.515. The molecule has 0 aromatic carbocycles. The summed E-state index contributed by atoms with van der Waals surface area (Å²) in [6.45, 7) is 1.29. The fourth-order valence-corrected chi connectivity index (χ4v) is 3.61. The quantitative estimate of drug-likeness (QED) is 0.767. The molecule has 0 aromatic rings. The Hall–Kier alpha value is -0.0800. The average Bonchev–Trinajstić information content (AvgIpc) is 3.22. The Kier molecular flexibility index (Phi) is 3.72. The molecule has 3 aliphatic rings. The zero-order valence-electron chi connectivity index (χ0n) is 11.2. The third-order valence-electron chi connectivity index (χ3n) is 5.06. The highest BCUT2D eigenvalue weighted by Gasteiger charge is 2.41. The second-order valence-electron chi connectivity index (χ2n) is 6.47. The summed E-state index contributed by atoms with van der Waals surface area (Å²) in [5.41, 5.74) is 0. The van der Waals surface area contributed by atoms with Crippen LogP contribution in [0.1, 0.15) is 51.4 Å². The van der Waals surface area contributed by atoms with Crippen LogP contribution in [0.4, 0.5) is 0 Å². The molecule has 0 saturated heterocycles. The van der Waals surface area contributed by atoms with Crippen LogP contribution in [0.25, 0.3) is 0 Å². The Labute approximate surface area is 105 Å². The van der Waals surface area contributed by atoms with Crippen LogP contribution in [0.15, 0.2) is 0 Å². The van der Waals surface area contributed by atoms with Crippen molar-refractivity contribution in [3.63, 3.8) is 0 Å². The second-order valence-corrected chi connectivity index (χ2v) is 6.47. The van der Waals surface area contributed by atoms with E-state index in [-0.39, 0.29) is 0 Å². The first-order chi connectivity index (χ1) is 8.36. The Morgan fingerprint density at radius 1 is 1.06 bits per heavy atom. The van der Waals surface area contributed by atoms with Gasteiger partial charge in [-0.3, -0.25) is 0 Å². The SMILES string of the molecule is COC1CCCC(NCC(C2CC2)C2CC2)C1. The largest absolute Gasteiger partial charge is 0.381 e. The van der Waals surface area contributed by atoms with Crippen molar-refractivity contribution in [1.82, 2.24) is 5.32 Å². The molecule has 0 radical (unpaired) electrons. The molecule has 0 amide bonds. The molecule has 0 spiro atoms. The fourth-order valence-electron chi connectivity index (χ4n) is 3.61. The molecule has 3 saturated carbocycles. The van der Waals surface area contributed by atoms with E-state index in [0.29, 0.717) is 6.10 Å². The van der Waals surface area contributed by atoms with Gasteiger partial charge < -0.3 is 10.1 Å². The maximum Gasteiger partial charge on any atom is 0.0586 e. The molecule has 2 heteroatoms. The van der Waals surface area contributed by atoms with Crippen LogP contribution in [0.5, 0.6) is 0 Å². The Morgan fingerprint density at radius 3 is 2.35 bits per heavy atom.